The van der Waals surface area contributed by atoms with Crippen LogP contribution in [0.3, 0.4) is 0 Å². The fourth-order valence-corrected chi connectivity index (χ4v) is 2.83. The first-order chi connectivity index (χ1) is 11.9. The van der Waals surface area contributed by atoms with Gasteiger partial charge in [0.15, 0.2) is 5.96 Å². The van der Waals surface area contributed by atoms with Crippen LogP contribution >= 0.6 is 24.0 Å². The minimum absolute atomic E-state index is 0. The van der Waals surface area contributed by atoms with Crippen molar-refractivity contribution in [1.82, 2.24) is 15.5 Å². The normalized spacial score (nSPS) is 17.6. The molecule has 1 aromatic rings. The van der Waals surface area contributed by atoms with Crippen molar-refractivity contribution in [3.05, 3.63) is 29.8 Å². The van der Waals surface area contributed by atoms with Gasteiger partial charge in [-0.15, -0.1) is 24.0 Å². The van der Waals surface area contributed by atoms with Crippen LogP contribution < -0.4 is 15.5 Å². The summed E-state index contributed by atoms with van der Waals surface area (Å²) in [7, 11) is 3.84. The van der Waals surface area contributed by atoms with Crippen LogP contribution in [-0.2, 0) is 0 Å². The summed E-state index contributed by atoms with van der Waals surface area (Å²) in [5.41, 5.74) is 0.451. The van der Waals surface area contributed by atoms with Gasteiger partial charge in [-0.25, -0.2) is 8.78 Å². The number of hydrogen-bond acceptors (Lipinski definition) is 3. The van der Waals surface area contributed by atoms with Gasteiger partial charge in [0.25, 0.3) is 0 Å². The highest BCUT2D eigenvalue weighted by Crippen LogP contribution is 2.24. The lowest BCUT2D eigenvalue weighted by Gasteiger charge is -2.23. The van der Waals surface area contributed by atoms with E-state index in [-0.39, 0.29) is 30.0 Å². The lowest BCUT2D eigenvalue weighted by Crippen LogP contribution is -2.46. The fourth-order valence-electron chi connectivity index (χ4n) is 2.83. The number of nitrogens with one attached hydrogen (secondary N) is 2. The molecule has 26 heavy (non-hydrogen) atoms. The maximum absolute atomic E-state index is 13.9. The highest BCUT2D eigenvalue weighted by molar-refractivity contribution is 14.0. The summed E-state index contributed by atoms with van der Waals surface area (Å²) in [6.07, 6.45) is 0.878. The van der Waals surface area contributed by atoms with Gasteiger partial charge in [0.1, 0.15) is 11.6 Å². The fraction of sp³-hybridized carbons (Fsp3) is 0.611. The van der Waals surface area contributed by atoms with Crippen LogP contribution in [0.2, 0.25) is 0 Å². The first kappa shape index (κ1) is 22.9. The number of aliphatic imine (C=N–C) groups is 1. The second-order valence-electron chi connectivity index (χ2n) is 6.75. The molecule has 0 saturated carbocycles. The largest absolute Gasteiger partial charge is 0.367 e. The van der Waals surface area contributed by atoms with E-state index in [9.17, 15) is 8.78 Å². The minimum atomic E-state index is -0.550. The molecular weight excluding hydrogens is 451 g/mol. The Morgan fingerprint density at radius 1 is 1.38 bits per heavy atom. The topological polar surface area (TPSA) is 42.9 Å². The molecule has 0 radical (unpaired) electrons. The Hall–Kier alpha value is -1.16. The summed E-state index contributed by atoms with van der Waals surface area (Å²) in [5, 5.41) is 6.69. The zero-order valence-electron chi connectivity index (χ0n) is 15.9. The van der Waals surface area contributed by atoms with Crippen LogP contribution in [0.25, 0.3) is 0 Å². The summed E-state index contributed by atoms with van der Waals surface area (Å²) in [6.45, 7) is 7.44. The van der Waals surface area contributed by atoms with Crippen LogP contribution in [0.1, 0.15) is 20.3 Å². The molecule has 1 heterocycles. The SMILES string of the molecule is CN=C(NCCN(C)C(C)C)NC1CCN(c2ccc(F)cc2F)C1.I. The summed E-state index contributed by atoms with van der Waals surface area (Å²) in [5.74, 6) is -0.311. The molecule has 148 valence electrons. The number of halogens is 3. The Bertz CT molecular complexity index is 597. The van der Waals surface area contributed by atoms with Gasteiger partial charge in [-0.05, 0) is 39.4 Å². The van der Waals surface area contributed by atoms with Crippen LogP contribution in [-0.4, -0.2) is 63.2 Å². The van der Waals surface area contributed by atoms with Crippen LogP contribution in [0.4, 0.5) is 14.5 Å². The number of anilines is 1. The molecule has 1 aromatic carbocycles. The predicted octanol–water partition coefficient (Wildman–Crippen LogP) is 2.67. The third kappa shape index (κ3) is 6.53. The molecule has 0 spiro atoms. The van der Waals surface area contributed by atoms with E-state index in [1.165, 1.54) is 12.1 Å². The third-order valence-corrected chi connectivity index (χ3v) is 4.64. The van der Waals surface area contributed by atoms with Crippen molar-refractivity contribution in [1.29, 1.82) is 0 Å². The minimum Gasteiger partial charge on any atom is -0.367 e. The van der Waals surface area contributed by atoms with Gasteiger partial charge in [0.05, 0.1) is 5.69 Å². The van der Waals surface area contributed by atoms with Crippen molar-refractivity contribution >= 4 is 35.6 Å². The Morgan fingerprint density at radius 3 is 2.73 bits per heavy atom. The smallest absolute Gasteiger partial charge is 0.191 e. The quantitative estimate of drug-likeness (QED) is 0.373. The van der Waals surface area contributed by atoms with Gasteiger partial charge in [0, 0.05) is 51.4 Å². The van der Waals surface area contributed by atoms with Gasteiger partial charge in [0.2, 0.25) is 0 Å². The van der Waals surface area contributed by atoms with E-state index in [2.05, 4.69) is 41.4 Å². The molecule has 1 unspecified atom stereocenters. The van der Waals surface area contributed by atoms with Gasteiger partial charge in [-0.1, -0.05) is 0 Å². The van der Waals surface area contributed by atoms with Crippen LogP contribution in [0, 0.1) is 11.6 Å². The van der Waals surface area contributed by atoms with Crippen molar-refractivity contribution in [2.75, 3.05) is 45.2 Å². The highest BCUT2D eigenvalue weighted by atomic mass is 127. The predicted molar refractivity (Wildman–Crippen MR) is 115 cm³/mol. The van der Waals surface area contributed by atoms with E-state index in [0.29, 0.717) is 18.3 Å². The molecule has 0 bridgehead atoms. The molecule has 0 amide bonds. The third-order valence-electron chi connectivity index (χ3n) is 4.64. The summed E-state index contributed by atoms with van der Waals surface area (Å²) in [6, 6.07) is 4.42. The molecule has 5 nitrogen and oxygen atoms in total. The number of hydrogen-bond donors (Lipinski definition) is 2. The van der Waals surface area contributed by atoms with Crippen LogP contribution in [0.15, 0.2) is 23.2 Å². The van der Waals surface area contributed by atoms with Gasteiger partial charge >= 0.3 is 0 Å². The average Bonchev–Trinajstić information content (AvgIpc) is 3.01. The van der Waals surface area contributed by atoms with Crippen molar-refractivity contribution in [2.45, 2.75) is 32.4 Å². The lowest BCUT2D eigenvalue weighted by molar-refractivity contribution is 0.278. The first-order valence-electron chi connectivity index (χ1n) is 8.78. The monoisotopic (exact) mass is 481 g/mol. The molecule has 1 atom stereocenters. The maximum atomic E-state index is 13.9. The maximum Gasteiger partial charge on any atom is 0.191 e. The van der Waals surface area contributed by atoms with E-state index in [1.54, 1.807) is 7.05 Å². The average molecular weight is 481 g/mol. The molecule has 0 aliphatic carbocycles. The molecule has 2 N–H and O–H groups in total. The highest BCUT2D eigenvalue weighted by Gasteiger charge is 2.25. The number of likely N-dealkylation sites (N-methyl/N-ethyl adjacent to an activating group) is 1. The van der Waals surface area contributed by atoms with Gasteiger partial charge in [-0.2, -0.15) is 0 Å². The van der Waals surface area contributed by atoms with Crippen molar-refractivity contribution in [3.8, 4) is 0 Å². The van der Waals surface area contributed by atoms with Crippen molar-refractivity contribution in [3.63, 3.8) is 0 Å². The van der Waals surface area contributed by atoms with E-state index in [4.69, 9.17) is 0 Å². The number of benzene rings is 1. The molecule has 1 aliphatic heterocycles. The summed E-state index contributed by atoms with van der Waals surface area (Å²) >= 11 is 0. The molecule has 0 aromatic heterocycles. The van der Waals surface area contributed by atoms with Crippen molar-refractivity contribution < 1.29 is 8.78 Å². The zero-order valence-corrected chi connectivity index (χ0v) is 18.3. The van der Waals surface area contributed by atoms with E-state index in [0.717, 1.165) is 38.1 Å². The molecule has 8 heteroatoms. The molecule has 1 aliphatic rings. The van der Waals surface area contributed by atoms with Gasteiger partial charge in [-0.3, -0.25) is 4.99 Å². The number of rotatable bonds is 6. The van der Waals surface area contributed by atoms with E-state index < -0.39 is 11.6 Å². The Kier molecular flexibility index (Phi) is 9.56. The van der Waals surface area contributed by atoms with Crippen LogP contribution in [0.5, 0.6) is 0 Å². The van der Waals surface area contributed by atoms with Crippen molar-refractivity contribution in [2.24, 2.45) is 4.99 Å². The number of guanidine groups is 1. The van der Waals surface area contributed by atoms with E-state index >= 15 is 0 Å². The first-order valence-corrected chi connectivity index (χ1v) is 8.78. The summed E-state index contributed by atoms with van der Waals surface area (Å²) < 4.78 is 27.0. The second kappa shape index (κ2) is 10.9. The molecule has 2 rings (SSSR count). The lowest BCUT2D eigenvalue weighted by atomic mass is 10.2. The van der Waals surface area contributed by atoms with E-state index in [1.807, 2.05) is 4.90 Å². The Balaban J connectivity index is 0.00000338. The van der Waals surface area contributed by atoms with Gasteiger partial charge < -0.3 is 20.4 Å². The molecule has 1 fully saturated rings. The number of nitrogens with zero attached hydrogens (tertiary/aromatic N) is 3. The Morgan fingerprint density at radius 2 is 2.12 bits per heavy atom. The zero-order chi connectivity index (χ0) is 18.4. The summed E-state index contributed by atoms with van der Waals surface area (Å²) in [4.78, 5) is 8.45. The standard InChI is InChI=1S/C18H29F2N5.HI/c1-13(2)24(4)10-8-22-18(21-3)23-15-7-9-25(12-15)17-6-5-14(19)11-16(17)20;/h5-6,11,13,15H,7-10,12H2,1-4H3,(H2,21,22,23);1H. The molecular formula is C18H30F2IN5. The second-order valence-corrected chi connectivity index (χ2v) is 6.75. The molecule has 1 saturated heterocycles. The Labute approximate surface area is 172 Å².